The minimum absolute atomic E-state index is 0.0590. The van der Waals surface area contributed by atoms with Gasteiger partial charge in [-0.3, -0.25) is 14.4 Å². The minimum Gasteiger partial charge on any atom is -0.385 e. The molecular weight excluding hydrogens is 536 g/mol. The summed E-state index contributed by atoms with van der Waals surface area (Å²) in [6, 6.07) is 12.1. The Hall–Kier alpha value is -4.60. The molecule has 0 saturated heterocycles. The van der Waals surface area contributed by atoms with E-state index in [-0.39, 0.29) is 18.1 Å². The number of aryl methyl sites for hydroxylation is 1. The second-order valence-corrected chi connectivity index (χ2v) is 10.2. The van der Waals surface area contributed by atoms with Gasteiger partial charge in [0.25, 0.3) is 5.56 Å². The number of amidine groups is 1. The number of nitrogens with one attached hydrogen (secondary N) is 3. The summed E-state index contributed by atoms with van der Waals surface area (Å²) in [6.45, 7) is 11.3. The Labute approximate surface area is 244 Å². The molecule has 220 valence electrons. The van der Waals surface area contributed by atoms with Crippen molar-refractivity contribution in [1.82, 2.24) is 25.2 Å². The van der Waals surface area contributed by atoms with Gasteiger partial charge >= 0.3 is 0 Å². The fourth-order valence-corrected chi connectivity index (χ4v) is 4.31. The van der Waals surface area contributed by atoms with Crippen LogP contribution in [0.3, 0.4) is 0 Å². The van der Waals surface area contributed by atoms with E-state index >= 15 is 0 Å². The van der Waals surface area contributed by atoms with Crippen molar-refractivity contribution in [2.24, 2.45) is 10.9 Å². The average molecular weight is 574 g/mol. The minimum atomic E-state index is -0.884. The number of hydrogen-bond donors (Lipinski definition) is 3. The molecule has 2 aromatic carbocycles. The topological polar surface area (TPSA) is 96.2 Å². The van der Waals surface area contributed by atoms with Gasteiger partial charge in [-0.25, -0.2) is 13.8 Å². The molecular formula is C32H37F2N7O. The molecule has 8 nitrogen and oxygen atoms in total. The van der Waals surface area contributed by atoms with Gasteiger partial charge in [-0.05, 0) is 55.2 Å². The number of hydrogen-bond acceptors (Lipinski definition) is 6. The van der Waals surface area contributed by atoms with E-state index in [9.17, 15) is 13.6 Å². The third-order valence-corrected chi connectivity index (χ3v) is 6.98. The molecule has 0 aliphatic heterocycles. The SMILES string of the molecule is C=C(NCC)c1ccc(C)c(-c2nc(NCC(=NC)NC)nc3c2ccc(=O)n3-c2c(F)cccc2F)c1.CC1CC1. The first kappa shape index (κ1) is 30.4. The van der Waals surface area contributed by atoms with Crippen molar-refractivity contribution in [2.45, 2.75) is 33.6 Å². The van der Waals surface area contributed by atoms with Gasteiger partial charge in [0.05, 0.1) is 12.2 Å². The van der Waals surface area contributed by atoms with Crippen LogP contribution in [0.15, 0.2) is 64.9 Å². The first-order chi connectivity index (χ1) is 20.2. The zero-order chi connectivity index (χ0) is 30.4. The van der Waals surface area contributed by atoms with Crippen molar-refractivity contribution in [2.75, 3.05) is 32.5 Å². The fourth-order valence-electron chi connectivity index (χ4n) is 4.31. The number of para-hydroxylation sites is 1. The standard InChI is InChI=1S/C28H29F2N7O.C4H8/c1-6-33-17(3)18-11-10-16(2)20(14-18)25-19-12-13-24(38)37(26-21(29)8-7-9-22(26)30)27(19)36-28(35-25)34-15-23(31-4)32-5;1-4-2-3-4/h7-14,33H,3,6,15H2,1-2,4-5H3,(H,31,32)(H,34,35,36);4H,2-3H2,1H3. The average Bonchev–Trinajstić information content (AvgIpc) is 3.76. The summed E-state index contributed by atoms with van der Waals surface area (Å²) in [7, 11) is 3.38. The highest BCUT2D eigenvalue weighted by atomic mass is 19.1. The molecule has 42 heavy (non-hydrogen) atoms. The molecule has 0 radical (unpaired) electrons. The Kier molecular flexibility index (Phi) is 9.67. The summed E-state index contributed by atoms with van der Waals surface area (Å²) in [6.07, 6.45) is 2.97. The molecule has 10 heteroatoms. The highest BCUT2D eigenvalue weighted by molar-refractivity contribution is 5.94. The molecule has 0 atom stereocenters. The maximum absolute atomic E-state index is 14.9. The zero-order valence-electron chi connectivity index (χ0n) is 24.7. The van der Waals surface area contributed by atoms with Crippen LogP contribution >= 0.6 is 0 Å². The molecule has 0 bridgehead atoms. The van der Waals surface area contributed by atoms with Crippen LogP contribution in [-0.4, -0.2) is 47.6 Å². The molecule has 0 unspecified atom stereocenters. The van der Waals surface area contributed by atoms with E-state index in [4.69, 9.17) is 4.98 Å². The van der Waals surface area contributed by atoms with Crippen LogP contribution in [0, 0.1) is 24.5 Å². The lowest BCUT2D eigenvalue weighted by molar-refractivity contribution is 0.568. The van der Waals surface area contributed by atoms with Gasteiger partial charge in [0, 0.05) is 43.4 Å². The lowest BCUT2D eigenvalue weighted by Crippen LogP contribution is -2.27. The van der Waals surface area contributed by atoms with Crippen LogP contribution in [0.4, 0.5) is 14.7 Å². The van der Waals surface area contributed by atoms with E-state index < -0.39 is 22.9 Å². The number of pyridine rings is 1. The van der Waals surface area contributed by atoms with E-state index in [1.165, 1.54) is 25.0 Å². The van der Waals surface area contributed by atoms with E-state index in [1.807, 2.05) is 32.0 Å². The van der Waals surface area contributed by atoms with Crippen molar-refractivity contribution >= 4 is 28.5 Å². The number of fused-ring (bicyclic) bond motifs is 1. The first-order valence-electron chi connectivity index (χ1n) is 14.0. The van der Waals surface area contributed by atoms with Crippen molar-refractivity contribution in [3.63, 3.8) is 0 Å². The van der Waals surface area contributed by atoms with Gasteiger partial charge in [0.2, 0.25) is 5.95 Å². The molecule has 1 aliphatic rings. The summed E-state index contributed by atoms with van der Waals surface area (Å²) >= 11 is 0. The number of aliphatic imine (C=N–C) groups is 1. The summed E-state index contributed by atoms with van der Waals surface area (Å²) in [5.41, 5.74) is 2.69. The molecule has 0 spiro atoms. The second kappa shape index (κ2) is 13.4. The molecule has 4 aromatic rings. The van der Waals surface area contributed by atoms with Crippen LogP contribution < -0.4 is 21.5 Å². The molecule has 2 aromatic heterocycles. The molecule has 5 rings (SSSR count). The Morgan fingerprint density at radius 1 is 1.12 bits per heavy atom. The van der Waals surface area contributed by atoms with Gasteiger partial charge in [-0.1, -0.05) is 44.5 Å². The maximum Gasteiger partial charge on any atom is 0.256 e. The van der Waals surface area contributed by atoms with Crippen molar-refractivity contribution < 1.29 is 8.78 Å². The van der Waals surface area contributed by atoms with E-state index in [2.05, 4.69) is 39.4 Å². The lowest BCUT2D eigenvalue weighted by atomic mass is 9.98. The fraction of sp³-hybridized carbons (Fsp3) is 0.312. The zero-order valence-corrected chi connectivity index (χ0v) is 24.7. The second-order valence-electron chi connectivity index (χ2n) is 10.2. The summed E-state index contributed by atoms with van der Waals surface area (Å²) in [5.74, 6) is 0.117. The molecule has 0 amide bonds. The van der Waals surface area contributed by atoms with Crippen LogP contribution in [0.5, 0.6) is 0 Å². The van der Waals surface area contributed by atoms with Gasteiger partial charge in [-0.15, -0.1) is 0 Å². The molecule has 1 saturated carbocycles. The van der Waals surface area contributed by atoms with Gasteiger partial charge in [0.1, 0.15) is 23.2 Å². The van der Waals surface area contributed by atoms with E-state index in [0.717, 1.165) is 45.0 Å². The predicted octanol–water partition coefficient (Wildman–Crippen LogP) is 5.69. The number of aromatic nitrogens is 3. The number of rotatable bonds is 8. The Morgan fingerprint density at radius 3 is 2.40 bits per heavy atom. The normalized spacial score (nSPS) is 12.9. The largest absolute Gasteiger partial charge is 0.385 e. The molecule has 1 fully saturated rings. The third kappa shape index (κ3) is 6.82. The number of halogens is 2. The van der Waals surface area contributed by atoms with E-state index in [1.54, 1.807) is 20.2 Å². The third-order valence-electron chi connectivity index (χ3n) is 6.98. The van der Waals surface area contributed by atoms with Gasteiger partial charge in [-0.2, -0.15) is 4.98 Å². The number of nitrogens with zero attached hydrogens (tertiary/aromatic N) is 4. The monoisotopic (exact) mass is 573 g/mol. The lowest BCUT2D eigenvalue weighted by Gasteiger charge is -2.17. The Morgan fingerprint density at radius 2 is 1.81 bits per heavy atom. The van der Waals surface area contributed by atoms with Crippen molar-refractivity contribution in [1.29, 1.82) is 0 Å². The smallest absolute Gasteiger partial charge is 0.256 e. The summed E-state index contributed by atoms with van der Waals surface area (Å²) in [4.78, 5) is 26.5. The summed E-state index contributed by atoms with van der Waals surface area (Å²) < 4.78 is 30.7. The number of benzene rings is 2. The number of anilines is 1. The number of likely N-dealkylation sites (N-methyl/N-ethyl adjacent to an activating group) is 1. The molecule has 3 N–H and O–H groups in total. The Bertz CT molecular complexity index is 1670. The van der Waals surface area contributed by atoms with Crippen LogP contribution in [0.25, 0.3) is 33.7 Å². The van der Waals surface area contributed by atoms with Gasteiger partial charge < -0.3 is 16.0 Å². The quantitative estimate of drug-likeness (QED) is 0.185. The van der Waals surface area contributed by atoms with Crippen LogP contribution in [-0.2, 0) is 0 Å². The highest BCUT2D eigenvalue weighted by Gasteiger charge is 2.21. The van der Waals surface area contributed by atoms with Gasteiger partial charge in [0.15, 0.2) is 5.65 Å². The maximum atomic E-state index is 14.9. The highest BCUT2D eigenvalue weighted by Crippen LogP contribution is 2.32. The van der Waals surface area contributed by atoms with Crippen molar-refractivity contribution in [3.05, 3.63) is 88.2 Å². The predicted molar refractivity (Wildman–Crippen MR) is 167 cm³/mol. The van der Waals surface area contributed by atoms with Crippen molar-refractivity contribution in [3.8, 4) is 16.9 Å². The molecule has 2 heterocycles. The van der Waals surface area contributed by atoms with Crippen LogP contribution in [0.1, 0.15) is 37.8 Å². The summed E-state index contributed by atoms with van der Waals surface area (Å²) in [5, 5.41) is 9.74. The van der Waals surface area contributed by atoms with Crippen LogP contribution in [0.2, 0.25) is 0 Å². The van der Waals surface area contributed by atoms with E-state index in [0.29, 0.717) is 23.5 Å². The molecule has 1 aliphatic carbocycles. The Balaban J connectivity index is 0.000000932. The first-order valence-corrected chi connectivity index (χ1v) is 14.0.